The highest BCUT2D eigenvalue weighted by Crippen LogP contribution is 2.34. The predicted molar refractivity (Wildman–Crippen MR) is 74.8 cm³/mol. The zero-order chi connectivity index (χ0) is 15.4. The standard InChI is InChI=1S/C14H15N3O4/c1-21-14(18)10-5-7-16(8-6-10)12-4-2-3-11(9-15)13(12)17(19)20/h2-4,10H,5-8H2,1H3. The fraction of sp³-hybridized carbons (Fsp3) is 0.429. The van der Waals surface area contributed by atoms with Crippen LogP contribution in [0.25, 0.3) is 0 Å². The summed E-state index contributed by atoms with van der Waals surface area (Å²) in [7, 11) is 1.36. The number of para-hydroxylation sites is 1. The smallest absolute Gasteiger partial charge is 0.310 e. The van der Waals surface area contributed by atoms with Crippen molar-refractivity contribution < 1.29 is 14.5 Å². The molecule has 21 heavy (non-hydrogen) atoms. The Labute approximate surface area is 121 Å². The van der Waals surface area contributed by atoms with Gasteiger partial charge in [0, 0.05) is 13.1 Å². The molecular weight excluding hydrogens is 274 g/mol. The van der Waals surface area contributed by atoms with Gasteiger partial charge in [-0.05, 0) is 25.0 Å². The first-order valence-corrected chi connectivity index (χ1v) is 6.58. The van der Waals surface area contributed by atoms with Crippen LogP contribution in [0, 0.1) is 27.4 Å². The van der Waals surface area contributed by atoms with E-state index in [9.17, 15) is 14.9 Å². The fourth-order valence-electron chi connectivity index (χ4n) is 2.59. The van der Waals surface area contributed by atoms with E-state index in [2.05, 4.69) is 0 Å². The van der Waals surface area contributed by atoms with Gasteiger partial charge < -0.3 is 9.64 Å². The van der Waals surface area contributed by atoms with Gasteiger partial charge in [-0.3, -0.25) is 14.9 Å². The Morgan fingerprint density at radius 2 is 2.14 bits per heavy atom. The highest BCUT2D eigenvalue weighted by atomic mass is 16.6. The quantitative estimate of drug-likeness (QED) is 0.478. The normalized spacial score (nSPS) is 15.3. The van der Waals surface area contributed by atoms with Gasteiger partial charge in [0.25, 0.3) is 0 Å². The van der Waals surface area contributed by atoms with Crippen molar-refractivity contribution in [3.8, 4) is 6.07 Å². The van der Waals surface area contributed by atoms with Crippen LogP contribution in [-0.4, -0.2) is 31.1 Å². The van der Waals surface area contributed by atoms with E-state index in [1.807, 2.05) is 11.0 Å². The third-order valence-electron chi connectivity index (χ3n) is 3.69. The van der Waals surface area contributed by atoms with Crippen LogP contribution < -0.4 is 4.90 Å². The van der Waals surface area contributed by atoms with E-state index in [0.29, 0.717) is 31.6 Å². The van der Waals surface area contributed by atoms with E-state index in [-0.39, 0.29) is 23.1 Å². The molecular formula is C14H15N3O4. The molecule has 0 unspecified atom stereocenters. The number of methoxy groups -OCH3 is 1. The van der Waals surface area contributed by atoms with E-state index in [4.69, 9.17) is 10.00 Å². The van der Waals surface area contributed by atoms with Gasteiger partial charge >= 0.3 is 11.7 Å². The number of hydrogen-bond donors (Lipinski definition) is 0. The summed E-state index contributed by atoms with van der Waals surface area (Å²) < 4.78 is 4.72. The van der Waals surface area contributed by atoms with Crippen molar-refractivity contribution in [3.63, 3.8) is 0 Å². The minimum absolute atomic E-state index is 0.0487. The molecule has 0 amide bonds. The Morgan fingerprint density at radius 1 is 1.48 bits per heavy atom. The molecule has 1 aromatic rings. The SMILES string of the molecule is COC(=O)C1CCN(c2cccc(C#N)c2[N+](=O)[O-])CC1. The molecule has 0 radical (unpaired) electrons. The Hall–Kier alpha value is -2.62. The molecule has 1 fully saturated rings. The summed E-state index contributed by atoms with van der Waals surface area (Å²) in [4.78, 5) is 24.0. The minimum atomic E-state index is -0.527. The Bertz CT molecular complexity index is 601. The van der Waals surface area contributed by atoms with Gasteiger partial charge in [-0.2, -0.15) is 5.26 Å². The van der Waals surface area contributed by atoms with Crippen molar-refractivity contribution in [2.45, 2.75) is 12.8 Å². The van der Waals surface area contributed by atoms with Gasteiger partial charge in [-0.1, -0.05) is 6.07 Å². The molecule has 0 saturated carbocycles. The monoisotopic (exact) mass is 289 g/mol. The van der Waals surface area contributed by atoms with Crippen molar-refractivity contribution in [1.29, 1.82) is 5.26 Å². The summed E-state index contributed by atoms with van der Waals surface area (Å²) in [6.07, 6.45) is 1.17. The molecule has 0 bridgehead atoms. The van der Waals surface area contributed by atoms with Gasteiger partial charge in [0.1, 0.15) is 17.3 Å². The summed E-state index contributed by atoms with van der Waals surface area (Å²) >= 11 is 0. The third-order valence-corrected chi connectivity index (χ3v) is 3.69. The Kier molecular flexibility index (Phi) is 4.38. The van der Waals surface area contributed by atoms with Crippen molar-refractivity contribution in [2.75, 3.05) is 25.1 Å². The zero-order valence-corrected chi connectivity index (χ0v) is 11.6. The van der Waals surface area contributed by atoms with Gasteiger partial charge in [0.05, 0.1) is 18.0 Å². The largest absolute Gasteiger partial charge is 0.469 e. The highest BCUT2D eigenvalue weighted by Gasteiger charge is 2.30. The number of esters is 1. The van der Waals surface area contributed by atoms with Crippen molar-refractivity contribution >= 4 is 17.3 Å². The summed E-state index contributed by atoms with van der Waals surface area (Å²) in [5, 5.41) is 20.2. The van der Waals surface area contributed by atoms with E-state index in [0.717, 1.165) is 0 Å². The average molecular weight is 289 g/mol. The van der Waals surface area contributed by atoms with Crippen LogP contribution in [0.5, 0.6) is 0 Å². The molecule has 0 aromatic heterocycles. The Morgan fingerprint density at radius 3 is 2.67 bits per heavy atom. The number of carbonyl (C=O) groups is 1. The third kappa shape index (κ3) is 2.94. The van der Waals surface area contributed by atoms with Crippen LogP contribution in [0.4, 0.5) is 11.4 Å². The second kappa shape index (κ2) is 6.22. The summed E-state index contributed by atoms with van der Waals surface area (Å²) in [5.41, 5.74) is 0.312. The lowest BCUT2D eigenvalue weighted by Crippen LogP contribution is -2.37. The van der Waals surface area contributed by atoms with Crippen molar-refractivity contribution in [3.05, 3.63) is 33.9 Å². The second-order valence-corrected chi connectivity index (χ2v) is 4.83. The van der Waals surface area contributed by atoms with Crippen molar-refractivity contribution in [1.82, 2.24) is 0 Å². The van der Waals surface area contributed by atoms with E-state index in [1.165, 1.54) is 13.2 Å². The first-order valence-electron chi connectivity index (χ1n) is 6.58. The lowest BCUT2D eigenvalue weighted by atomic mass is 9.96. The number of nitriles is 1. The van der Waals surface area contributed by atoms with Gasteiger partial charge in [0.15, 0.2) is 0 Å². The summed E-state index contributed by atoms with van der Waals surface area (Å²) in [6, 6.07) is 6.55. The summed E-state index contributed by atoms with van der Waals surface area (Å²) in [6.45, 7) is 1.05. The molecule has 0 atom stereocenters. The molecule has 1 heterocycles. The number of nitro benzene ring substituents is 1. The van der Waals surface area contributed by atoms with Gasteiger partial charge in [-0.15, -0.1) is 0 Å². The Balaban J connectivity index is 2.23. The molecule has 110 valence electrons. The molecule has 7 heteroatoms. The molecule has 7 nitrogen and oxygen atoms in total. The molecule has 1 aliphatic rings. The lowest BCUT2D eigenvalue weighted by Gasteiger charge is -2.32. The van der Waals surface area contributed by atoms with Crippen LogP contribution in [0.1, 0.15) is 18.4 Å². The van der Waals surface area contributed by atoms with E-state index < -0.39 is 4.92 Å². The number of ether oxygens (including phenoxy) is 1. The maximum atomic E-state index is 11.5. The summed E-state index contributed by atoms with van der Waals surface area (Å²) in [5.74, 6) is -0.403. The number of carbonyl (C=O) groups excluding carboxylic acids is 1. The van der Waals surface area contributed by atoms with E-state index >= 15 is 0 Å². The number of benzene rings is 1. The van der Waals surface area contributed by atoms with Crippen LogP contribution in [0.2, 0.25) is 0 Å². The minimum Gasteiger partial charge on any atom is -0.469 e. The van der Waals surface area contributed by atoms with E-state index in [1.54, 1.807) is 12.1 Å². The molecule has 1 aromatic carbocycles. The van der Waals surface area contributed by atoms with Crippen molar-refractivity contribution in [2.24, 2.45) is 5.92 Å². The van der Waals surface area contributed by atoms with Crippen LogP contribution in [0.15, 0.2) is 18.2 Å². The van der Waals surface area contributed by atoms with Crippen LogP contribution >= 0.6 is 0 Å². The number of nitrogens with zero attached hydrogens (tertiary/aromatic N) is 3. The number of hydrogen-bond acceptors (Lipinski definition) is 6. The average Bonchev–Trinajstić information content (AvgIpc) is 2.53. The number of piperidine rings is 1. The van der Waals surface area contributed by atoms with Crippen LogP contribution in [0.3, 0.4) is 0 Å². The molecule has 0 N–H and O–H groups in total. The predicted octanol–water partition coefficient (Wildman–Crippen LogP) is 1.86. The van der Waals surface area contributed by atoms with Gasteiger partial charge in [0.2, 0.25) is 0 Å². The lowest BCUT2D eigenvalue weighted by molar-refractivity contribution is -0.384. The zero-order valence-electron chi connectivity index (χ0n) is 11.6. The molecule has 0 spiro atoms. The molecule has 0 aliphatic carbocycles. The second-order valence-electron chi connectivity index (χ2n) is 4.83. The van der Waals surface area contributed by atoms with Gasteiger partial charge in [-0.25, -0.2) is 0 Å². The molecule has 1 saturated heterocycles. The maximum Gasteiger partial charge on any atom is 0.310 e. The topological polar surface area (TPSA) is 96.5 Å². The number of rotatable bonds is 3. The number of nitro groups is 1. The first kappa shape index (κ1) is 14.8. The maximum absolute atomic E-state index is 11.5. The first-order chi connectivity index (χ1) is 10.1. The number of anilines is 1. The highest BCUT2D eigenvalue weighted by molar-refractivity contribution is 5.74. The molecule has 2 rings (SSSR count). The fourth-order valence-corrected chi connectivity index (χ4v) is 2.59. The molecule has 1 aliphatic heterocycles. The van der Waals surface area contributed by atoms with Crippen LogP contribution in [-0.2, 0) is 9.53 Å².